The maximum absolute atomic E-state index is 11.8. The summed E-state index contributed by atoms with van der Waals surface area (Å²) in [6, 6.07) is 9.81. The lowest BCUT2D eigenvalue weighted by molar-refractivity contribution is 0.103. The monoisotopic (exact) mass is 253 g/mol. The van der Waals surface area contributed by atoms with Gasteiger partial charge in [0.2, 0.25) is 0 Å². The maximum atomic E-state index is 11.8. The molecule has 0 bridgehead atoms. The Morgan fingerprint density at radius 1 is 1.26 bits per heavy atom. The summed E-state index contributed by atoms with van der Waals surface area (Å²) in [4.78, 5) is 11.8. The summed E-state index contributed by atoms with van der Waals surface area (Å²) in [7, 11) is 0. The Kier molecular flexibility index (Phi) is 2.71. The van der Waals surface area contributed by atoms with Crippen LogP contribution in [0.15, 0.2) is 35.4 Å². The van der Waals surface area contributed by atoms with Crippen LogP contribution in [-0.4, -0.2) is 11.6 Å². The van der Waals surface area contributed by atoms with Crippen molar-refractivity contribution in [2.45, 2.75) is 20.4 Å². The average Bonchev–Trinajstić information content (AvgIpc) is 2.71. The van der Waals surface area contributed by atoms with E-state index in [4.69, 9.17) is 0 Å². The Bertz CT molecular complexity index is 700. The van der Waals surface area contributed by atoms with Gasteiger partial charge in [-0.25, -0.2) is 0 Å². The summed E-state index contributed by atoms with van der Waals surface area (Å²) in [5.41, 5.74) is 6.83. The summed E-state index contributed by atoms with van der Waals surface area (Å²) in [6.07, 6.45) is 0. The first-order valence-corrected chi connectivity index (χ1v) is 6.26. The van der Waals surface area contributed by atoms with Gasteiger partial charge in [-0.3, -0.25) is 4.79 Å². The van der Waals surface area contributed by atoms with Gasteiger partial charge in [0.15, 0.2) is 0 Å². The number of amides is 1. The first-order chi connectivity index (χ1) is 9.16. The molecule has 0 saturated carbocycles. The number of hydrogen-bond donors (Lipinski definition) is 2. The molecule has 0 aromatic heterocycles. The van der Waals surface area contributed by atoms with Crippen molar-refractivity contribution < 1.29 is 4.79 Å². The average molecular weight is 253 g/mol. The molecule has 2 aromatic carbocycles. The summed E-state index contributed by atoms with van der Waals surface area (Å²) in [6.45, 7) is 4.55. The highest BCUT2D eigenvalue weighted by atomic mass is 16.1. The first kappa shape index (κ1) is 11.7. The third-order valence-corrected chi connectivity index (χ3v) is 3.20. The Hall–Kier alpha value is -2.36. The van der Waals surface area contributed by atoms with E-state index in [2.05, 4.69) is 15.8 Å². The van der Waals surface area contributed by atoms with E-state index in [0.717, 1.165) is 33.3 Å². The minimum Gasteiger partial charge on any atom is -0.321 e. The van der Waals surface area contributed by atoms with Crippen molar-refractivity contribution >= 4 is 28.1 Å². The van der Waals surface area contributed by atoms with E-state index in [0.29, 0.717) is 6.54 Å². The van der Waals surface area contributed by atoms with Gasteiger partial charge in [0.1, 0.15) is 0 Å². The molecule has 2 aromatic rings. The highest BCUT2D eigenvalue weighted by molar-refractivity contribution is 6.24. The minimum absolute atomic E-state index is 0.0202. The zero-order valence-electron chi connectivity index (χ0n) is 10.9. The molecule has 4 nitrogen and oxygen atoms in total. The second kappa shape index (κ2) is 4.39. The van der Waals surface area contributed by atoms with E-state index in [1.54, 1.807) is 0 Å². The van der Waals surface area contributed by atoms with E-state index in [-0.39, 0.29) is 5.91 Å². The van der Waals surface area contributed by atoms with Crippen molar-refractivity contribution in [3.8, 4) is 0 Å². The lowest BCUT2D eigenvalue weighted by Gasteiger charge is -2.07. The molecular formula is C15H15N3O. The Morgan fingerprint density at radius 3 is 2.89 bits per heavy atom. The van der Waals surface area contributed by atoms with Gasteiger partial charge >= 0.3 is 0 Å². The third-order valence-electron chi connectivity index (χ3n) is 3.20. The molecule has 0 spiro atoms. The number of hydrazone groups is 1. The lowest BCUT2D eigenvalue weighted by atomic mass is 10.0. The number of anilines is 1. The van der Waals surface area contributed by atoms with Gasteiger partial charge in [0.25, 0.3) is 5.91 Å². The van der Waals surface area contributed by atoms with Gasteiger partial charge in [-0.2, -0.15) is 5.10 Å². The predicted octanol–water partition coefficient (Wildman–Crippen LogP) is 2.89. The SMILES string of the molecule is CC(C)=NNCc1ccc2c3c(cccc13)C(=O)N2. The van der Waals surface area contributed by atoms with E-state index < -0.39 is 0 Å². The van der Waals surface area contributed by atoms with Crippen LogP contribution in [0.2, 0.25) is 0 Å². The highest BCUT2D eigenvalue weighted by Crippen LogP contribution is 2.34. The molecule has 4 heteroatoms. The molecule has 0 fully saturated rings. The predicted molar refractivity (Wildman–Crippen MR) is 77.5 cm³/mol. The topological polar surface area (TPSA) is 53.5 Å². The zero-order chi connectivity index (χ0) is 13.4. The maximum Gasteiger partial charge on any atom is 0.256 e. The van der Waals surface area contributed by atoms with Gasteiger partial charge in [-0.15, -0.1) is 0 Å². The van der Waals surface area contributed by atoms with Crippen molar-refractivity contribution in [2.24, 2.45) is 5.10 Å². The second-order valence-electron chi connectivity index (χ2n) is 4.85. The van der Waals surface area contributed by atoms with Gasteiger partial charge < -0.3 is 10.7 Å². The van der Waals surface area contributed by atoms with Gasteiger partial charge in [-0.05, 0) is 36.9 Å². The number of carbonyl (C=O) groups is 1. The molecule has 0 radical (unpaired) electrons. The van der Waals surface area contributed by atoms with E-state index in [1.165, 1.54) is 0 Å². The largest absolute Gasteiger partial charge is 0.321 e. The molecule has 2 N–H and O–H groups in total. The first-order valence-electron chi connectivity index (χ1n) is 6.26. The molecule has 0 saturated heterocycles. The molecular weight excluding hydrogens is 238 g/mol. The normalized spacial score (nSPS) is 12.4. The fraction of sp³-hybridized carbons (Fsp3) is 0.200. The summed E-state index contributed by atoms with van der Waals surface area (Å²) >= 11 is 0. The van der Waals surface area contributed by atoms with Crippen molar-refractivity contribution in [3.63, 3.8) is 0 Å². The number of carbonyl (C=O) groups excluding carboxylic acids is 1. The minimum atomic E-state index is -0.0202. The molecule has 1 heterocycles. The molecule has 1 aliphatic heterocycles. The van der Waals surface area contributed by atoms with Gasteiger partial charge in [0, 0.05) is 22.3 Å². The Morgan fingerprint density at radius 2 is 2.11 bits per heavy atom. The summed E-state index contributed by atoms with van der Waals surface area (Å²) in [5, 5.41) is 9.19. The number of nitrogens with one attached hydrogen (secondary N) is 2. The van der Waals surface area contributed by atoms with Crippen LogP contribution in [0.25, 0.3) is 10.8 Å². The molecule has 3 rings (SSSR count). The fourth-order valence-corrected chi connectivity index (χ4v) is 2.39. The molecule has 96 valence electrons. The molecule has 19 heavy (non-hydrogen) atoms. The van der Waals surface area contributed by atoms with Crippen LogP contribution in [-0.2, 0) is 6.54 Å². The van der Waals surface area contributed by atoms with Gasteiger partial charge in [-0.1, -0.05) is 18.2 Å². The molecule has 0 atom stereocenters. The molecule has 0 aliphatic carbocycles. The van der Waals surface area contributed by atoms with Crippen LogP contribution in [0.4, 0.5) is 5.69 Å². The Labute approximate surface area is 111 Å². The van der Waals surface area contributed by atoms with Crippen LogP contribution >= 0.6 is 0 Å². The van der Waals surface area contributed by atoms with Crippen molar-refractivity contribution in [1.29, 1.82) is 0 Å². The third kappa shape index (κ3) is 1.95. The zero-order valence-corrected chi connectivity index (χ0v) is 10.9. The van der Waals surface area contributed by atoms with E-state index >= 15 is 0 Å². The molecule has 0 unspecified atom stereocenters. The van der Waals surface area contributed by atoms with Crippen LogP contribution < -0.4 is 10.7 Å². The van der Waals surface area contributed by atoms with E-state index in [1.807, 2.05) is 44.2 Å². The van der Waals surface area contributed by atoms with Crippen molar-refractivity contribution in [2.75, 3.05) is 5.32 Å². The second-order valence-corrected chi connectivity index (χ2v) is 4.85. The summed E-state index contributed by atoms with van der Waals surface area (Å²) in [5.74, 6) is -0.0202. The lowest BCUT2D eigenvalue weighted by Crippen LogP contribution is -2.07. The Balaban J connectivity index is 2.06. The highest BCUT2D eigenvalue weighted by Gasteiger charge is 2.21. The molecule has 1 amide bonds. The summed E-state index contributed by atoms with van der Waals surface area (Å²) < 4.78 is 0. The van der Waals surface area contributed by atoms with Gasteiger partial charge in [0.05, 0.1) is 6.54 Å². The fourth-order valence-electron chi connectivity index (χ4n) is 2.39. The quantitative estimate of drug-likeness (QED) is 0.652. The number of hydrogen-bond acceptors (Lipinski definition) is 3. The van der Waals surface area contributed by atoms with E-state index in [9.17, 15) is 4.79 Å². The number of benzene rings is 2. The standard InChI is InChI=1S/C15H15N3O/c1-9(2)18-16-8-10-6-7-13-14-11(10)4-3-5-12(14)15(19)17-13/h3-7,16H,8H2,1-2H3,(H,17,19). The van der Waals surface area contributed by atoms with Crippen LogP contribution in [0.5, 0.6) is 0 Å². The van der Waals surface area contributed by atoms with Crippen LogP contribution in [0.3, 0.4) is 0 Å². The van der Waals surface area contributed by atoms with Crippen LogP contribution in [0, 0.1) is 0 Å². The molecule has 1 aliphatic rings. The van der Waals surface area contributed by atoms with Crippen LogP contribution in [0.1, 0.15) is 29.8 Å². The van der Waals surface area contributed by atoms with Crippen molar-refractivity contribution in [1.82, 2.24) is 5.43 Å². The number of nitrogens with zero attached hydrogens (tertiary/aromatic N) is 1. The van der Waals surface area contributed by atoms with Crippen molar-refractivity contribution in [3.05, 3.63) is 41.5 Å². The smallest absolute Gasteiger partial charge is 0.256 e. The number of rotatable bonds is 3.